The Morgan fingerprint density at radius 3 is 2.69 bits per heavy atom. The molecule has 5 nitrogen and oxygen atoms in total. The van der Waals surface area contributed by atoms with E-state index >= 15 is 0 Å². The molecule has 0 radical (unpaired) electrons. The number of halogens is 1. The second-order valence-corrected chi connectivity index (χ2v) is 6.83. The number of esters is 1. The van der Waals surface area contributed by atoms with E-state index < -0.39 is 12.1 Å². The molecule has 0 saturated carbocycles. The maximum absolute atomic E-state index is 12.8. The van der Waals surface area contributed by atoms with Gasteiger partial charge >= 0.3 is 5.97 Å². The van der Waals surface area contributed by atoms with Gasteiger partial charge in [0.2, 0.25) is 5.78 Å². The van der Waals surface area contributed by atoms with E-state index in [0.29, 0.717) is 11.3 Å². The topological polar surface area (TPSA) is 68.4 Å². The van der Waals surface area contributed by atoms with E-state index in [2.05, 4.69) is 20.9 Å². The number of aryl methyl sites for hydroxylation is 1. The number of ether oxygens (including phenoxy) is 2. The minimum atomic E-state index is -0.897. The van der Waals surface area contributed by atoms with Crippen molar-refractivity contribution in [2.45, 2.75) is 20.0 Å². The SMILES string of the molecule is Cc1[nH]c2ccccc2c1C(=O)[C@@H](C)OC(=O)COc1cccc(Br)c1. The summed E-state index contributed by atoms with van der Waals surface area (Å²) in [6.45, 7) is 3.14. The van der Waals surface area contributed by atoms with Crippen LogP contribution in [0.3, 0.4) is 0 Å². The summed E-state index contributed by atoms with van der Waals surface area (Å²) in [6.07, 6.45) is -0.897. The molecule has 0 aliphatic heterocycles. The van der Waals surface area contributed by atoms with Crippen molar-refractivity contribution in [1.82, 2.24) is 4.98 Å². The smallest absolute Gasteiger partial charge is 0.344 e. The first-order valence-electron chi connectivity index (χ1n) is 8.15. The van der Waals surface area contributed by atoms with Gasteiger partial charge in [0, 0.05) is 26.6 Å². The van der Waals surface area contributed by atoms with Gasteiger partial charge in [-0.1, -0.05) is 40.2 Å². The first-order chi connectivity index (χ1) is 12.5. The highest BCUT2D eigenvalue weighted by Gasteiger charge is 2.24. The second kappa shape index (κ2) is 7.74. The number of Topliss-reactive ketones (excluding diaryl/α,β-unsaturated/α-hetero) is 1. The van der Waals surface area contributed by atoms with Gasteiger partial charge in [-0.3, -0.25) is 4.79 Å². The molecular formula is C20H18BrNO4. The van der Waals surface area contributed by atoms with Crippen LogP contribution in [0.5, 0.6) is 5.75 Å². The molecule has 0 aliphatic carbocycles. The zero-order chi connectivity index (χ0) is 18.7. The fourth-order valence-corrected chi connectivity index (χ4v) is 3.16. The summed E-state index contributed by atoms with van der Waals surface area (Å²) in [5, 5.41) is 0.822. The van der Waals surface area contributed by atoms with Gasteiger partial charge in [0.25, 0.3) is 0 Å². The van der Waals surface area contributed by atoms with Gasteiger partial charge in [0.15, 0.2) is 12.7 Å². The number of nitrogens with one attached hydrogen (secondary N) is 1. The van der Waals surface area contributed by atoms with Crippen LogP contribution in [0.4, 0.5) is 0 Å². The number of rotatable bonds is 6. The van der Waals surface area contributed by atoms with Crippen LogP contribution in [0.2, 0.25) is 0 Å². The molecule has 1 heterocycles. The van der Waals surface area contributed by atoms with E-state index in [1.807, 2.05) is 37.3 Å². The van der Waals surface area contributed by atoms with Crippen molar-refractivity contribution in [3.8, 4) is 5.75 Å². The van der Waals surface area contributed by atoms with Gasteiger partial charge < -0.3 is 14.5 Å². The van der Waals surface area contributed by atoms with E-state index in [-0.39, 0.29) is 12.4 Å². The molecule has 0 aliphatic rings. The van der Waals surface area contributed by atoms with Crippen molar-refractivity contribution in [2.24, 2.45) is 0 Å². The minimum Gasteiger partial charge on any atom is -0.482 e. The highest BCUT2D eigenvalue weighted by molar-refractivity contribution is 9.10. The molecule has 1 atom stereocenters. The lowest BCUT2D eigenvalue weighted by Crippen LogP contribution is -2.27. The van der Waals surface area contributed by atoms with E-state index in [9.17, 15) is 9.59 Å². The van der Waals surface area contributed by atoms with Gasteiger partial charge in [-0.2, -0.15) is 0 Å². The van der Waals surface area contributed by atoms with Crippen LogP contribution in [0.25, 0.3) is 10.9 Å². The highest BCUT2D eigenvalue weighted by Crippen LogP contribution is 2.24. The van der Waals surface area contributed by atoms with Crippen molar-refractivity contribution in [3.05, 3.63) is 64.3 Å². The van der Waals surface area contributed by atoms with E-state index in [4.69, 9.17) is 9.47 Å². The van der Waals surface area contributed by atoms with Crippen LogP contribution in [-0.4, -0.2) is 29.4 Å². The van der Waals surface area contributed by atoms with Gasteiger partial charge in [0.05, 0.1) is 0 Å². The number of carbonyl (C=O) groups is 2. The van der Waals surface area contributed by atoms with Crippen LogP contribution < -0.4 is 4.74 Å². The number of hydrogen-bond acceptors (Lipinski definition) is 4. The summed E-state index contributed by atoms with van der Waals surface area (Å²) in [5.41, 5.74) is 2.18. The van der Waals surface area contributed by atoms with Crippen LogP contribution in [-0.2, 0) is 9.53 Å². The Morgan fingerprint density at radius 1 is 1.15 bits per heavy atom. The summed E-state index contributed by atoms with van der Waals surface area (Å²) in [5.74, 6) is -0.290. The minimum absolute atomic E-state index is 0.240. The first kappa shape index (κ1) is 18.2. The molecular weight excluding hydrogens is 398 g/mol. The molecule has 26 heavy (non-hydrogen) atoms. The number of ketones is 1. The van der Waals surface area contributed by atoms with E-state index in [1.165, 1.54) is 0 Å². The van der Waals surface area contributed by atoms with Gasteiger partial charge in [-0.15, -0.1) is 0 Å². The monoisotopic (exact) mass is 415 g/mol. The molecule has 0 amide bonds. The predicted octanol–water partition coefficient (Wildman–Crippen LogP) is 4.43. The molecule has 1 N–H and O–H groups in total. The third kappa shape index (κ3) is 3.96. The Balaban J connectivity index is 1.65. The maximum Gasteiger partial charge on any atom is 0.344 e. The third-order valence-electron chi connectivity index (χ3n) is 3.97. The zero-order valence-electron chi connectivity index (χ0n) is 14.4. The number of para-hydroxylation sites is 1. The van der Waals surface area contributed by atoms with Gasteiger partial charge in [0.1, 0.15) is 5.75 Å². The number of fused-ring (bicyclic) bond motifs is 1. The summed E-state index contributed by atoms with van der Waals surface area (Å²) in [6, 6.07) is 14.7. The molecule has 6 heteroatoms. The molecule has 0 saturated heterocycles. The third-order valence-corrected chi connectivity index (χ3v) is 4.46. The molecule has 3 rings (SSSR count). The normalized spacial score (nSPS) is 12.0. The largest absolute Gasteiger partial charge is 0.482 e. The average molecular weight is 416 g/mol. The van der Waals surface area contributed by atoms with Crippen LogP contribution in [0, 0.1) is 6.92 Å². The Bertz CT molecular complexity index is 963. The quantitative estimate of drug-likeness (QED) is 0.477. The fraction of sp³-hybridized carbons (Fsp3) is 0.200. The number of aromatic nitrogens is 1. The molecule has 134 valence electrons. The van der Waals surface area contributed by atoms with Crippen molar-refractivity contribution in [2.75, 3.05) is 6.61 Å². The highest BCUT2D eigenvalue weighted by atomic mass is 79.9. The predicted molar refractivity (Wildman–Crippen MR) is 103 cm³/mol. The zero-order valence-corrected chi connectivity index (χ0v) is 16.0. The maximum atomic E-state index is 12.8. The van der Waals surface area contributed by atoms with Crippen molar-refractivity contribution < 1.29 is 19.1 Å². The van der Waals surface area contributed by atoms with E-state index in [0.717, 1.165) is 21.1 Å². The van der Waals surface area contributed by atoms with E-state index in [1.54, 1.807) is 25.1 Å². The Labute approximate surface area is 159 Å². The van der Waals surface area contributed by atoms with Crippen molar-refractivity contribution in [3.63, 3.8) is 0 Å². The molecule has 0 fully saturated rings. The Morgan fingerprint density at radius 2 is 1.92 bits per heavy atom. The summed E-state index contributed by atoms with van der Waals surface area (Å²) < 4.78 is 11.5. The molecule has 1 aromatic heterocycles. The first-order valence-corrected chi connectivity index (χ1v) is 8.94. The van der Waals surface area contributed by atoms with Crippen molar-refractivity contribution >= 4 is 38.6 Å². The van der Waals surface area contributed by atoms with Crippen LogP contribution in [0.15, 0.2) is 53.0 Å². The lowest BCUT2D eigenvalue weighted by molar-refractivity contribution is -0.148. The lowest BCUT2D eigenvalue weighted by Gasteiger charge is -2.13. The average Bonchev–Trinajstić information content (AvgIpc) is 2.95. The number of H-pyrrole nitrogens is 1. The number of benzene rings is 2. The Kier molecular flexibility index (Phi) is 5.42. The molecule has 3 aromatic rings. The van der Waals surface area contributed by atoms with Gasteiger partial charge in [-0.05, 0) is 38.1 Å². The number of aromatic amines is 1. The van der Waals surface area contributed by atoms with Crippen molar-refractivity contribution in [1.29, 1.82) is 0 Å². The standard InChI is InChI=1S/C20H18BrNO4/c1-12-19(16-8-3-4-9-17(16)22-12)20(24)13(2)26-18(23)11-25-15-7-5-6-14(21)10-15/h3-10,13,22H,11H2,1-2H3/t13-/m1/s1. The Hall–Kier alpha value is -2.60. The fourth-order valence-electron chi connectivity index (χ4n) is 2.78. The molecule has 0 bridgehead atoms. The van der Waals surface area contributed by atoms with Gasteiger partial charge in [-0.25, -0.2) is 4.79 Å². The van der Waals surface area contributed by atoms with Crippen LogP contribution in [0.1, 0.15) is 23.0 Å². The summed E-state index contributed by atoms with van der Waals surface area (Å²) in [4.78, 5) is 27.9. The number of hydrogen-bond donors (Lipinski definition) is 1. The molecule has 0 spiro atoms. The lowest BCUT2D eigenvalue weighted by atomic mass is 10.0. The second-order valence-electron chi connectivity index (χ2n) is 5.91. The molecule has 0 unspecified atom stereocenters. The van der Waals surface area contributed by atoms with Crippen LogP contribution >= 0.6 is 15.9 Å². The summed E-state index contributed by atoms with van der Waals surface area (Å²) >= 11 is 3.33. The summed E-state index contributed by atoms with van der Waals surface area (Å²) in [7, 11) is 0. The molecule has 2 aromatic carbocycles. The number of carbonyl (C=O) groups excluding carboxylic acids is 2.